The molecule has 1 saturated heterocycles. The summed E-state index contributed by atoms with van der Waals surface area (Å²) in [6.45, 7) is 1.92. The smallest absolute Gasteiger partial charge is 0.0685 e. The van der Waals surface area contributed by atoms with Crippen LogP contribution in [0.15, 0.2) is 0 Å². The summed E-state index contributed by atoms with van der Waals surface area (Å²) >= 11 is 0. The van der Waals surface area contributed by atoms with Gasteiger partial charge in [0, 0.05) is 6.61 Å². The number of ether oxygens (including phenoxy) is 1. The molecule has 3 unspecified atom stereocenters. The van der Waals surface area contributed by atoms with E-state index in [9.17, 15) is 0 Å². The minimum absolute atomic E-state index is 0.286. The molecule has 3 atom stereocenters. The van der Waals surface area contributed by atoms with E-state index in [4.69, 9.17) is 10.5 Å². The Morgan fingerprint density at radius 3 is 2.53 bits per heavy atom. The summed E-state index contributed by atoms with van der Waals surface area (Å²) in [5.74, 6) is 2.59. The lowest BCUT2D eigenvalue weighted by Gasteiger charge is -2.43. The Morgan fingerprint density at radius 2 is 1.74 bits per heavy atom. The maximum Gasteiger partial charge on any atom is 0.0685 e. The van der Waals surface area contributed by atoms with Gasteiger partial charge in [0.25, 0.3) is 0 Å². The van der Waals surface area contributed by atoms with Crippen molar-refractivity contribution in [2.24, 2.45) is 23.5 Å². The average Bonchev–Trinajstić information content (AvgIpc) is 2.75. The van der Waals surface area contributed by atoms with E-state index in [2.05, 4.69) is 0 Å². The van der Waals surface area contributed by atoms with E-state index in [-0.39, 0.29) is 5.60 Å². The highest BCUT2D eigenvalue weighted by molar-refractivity contribution is 4.94. The zero-order valence-electron chi connectivity index (χ0n) is 12.4. The van der Waals surface area contributed by atoms with Crippen LogP contribution in [0.3, 0.4) is 0 Å². The largest absolute Gasteiger partial charge is 0.375 e. The molecule has 0 aromatic rings. The van der Waals surface area contributed by atoms with Crippen LogP contribution in [-0.4, -0.2) is 18.8 Å². The van der Waals surface area contributed by atoms with Crippen LogP contribution in [0.5, 0.6) is 0 Å². The normalized spacial score (nSPS) is 39.3. The summed E-state index contributed by atoms with van der Waals surface area (Å²) in [5.41, 5.74) is 6.37. The minimum Gasteiger partial charge on any atom is -0.375 e. The van der Waals surface area contributed by atoms with Crippen molar-refractivity contribution in [3.63, 3.8) is 0 Å². The Balaban J connectivity index is 1.68. The van der Waals surface area contributed by atoms with Gasteiger partial charge in [-0.2, -0.15) is 0 Å². The highest BCUT2D eigenvalue weighted by Crippen LogP contribution is 2.47. The molecule has 0 radical (unpaired) electrons. The predicted molar refractivity (Wildman–Crippen MR) is 79.0 cm³/mol. The molecule has 0 aromatic carbocycles. The summed E-state index contributed by atoms with van der Waals surface area (Å²) in [7, 11) is 0. The third-order valence-corrected chi connectivity index (χ3v) is 6.17. The fourth-order valence-corrected chi connectivity index (χ4v) is 5.13. The third-order valence-electron chi connectivity index (χ3n) is 6.17. The first-order chi connectivity index (χ1) is 9.33. The van der Waals surface area contributed by atoms with Crippen molar-refractivity contribution >= 4 is 0 Å². The molecule has 3 aliphatic rings. The van der Waals surface area contributed by atoms with E-state index in [0.29, 0.717) is 0 Å². The zero-order chi connectivity index (χ0) is 13.1. The van der Waals surface area contributed by atoms with Crippen LogP contribution in [0, 0.1) is 17.8 Å². The molecule has 1 aliphatic heterocycles. The van der Waals surface area contributed by atoms with Crippen LogP contribution in [0.1, 0.15) is 70.6 Å². The third kappa shape index (κ3) is 3.00. The number of nitrogens with two attached hydrogens (primary N) is 1. The van der Waals surface area contributed by atoms with Gasteiger partial charge in [0.2, 0.25) is 0 Å². The van der Waals surface area contributed by atoms with Crippen LogP contribution in [-0.2, 0) is 4.74 Å². The van der Waals surface area contributed by atoms with Gasteiger partial charge < -0.3 is 10.5 Å². The van der Waals surface area contributed by atoms with Gasteiger partial charge in [0.1, 0.15) is 0 Å². The molecule has 3 fully saturated rings. The molecule has 3 rings (SSSR count). The van der Waals surface area contributed by atoms with E-state index < -0.39 is 0 Å². The van der Waals surface area contributed by atoms with Gasteiger partial charge in [0.05, 0.1) is 5.60 Å². The van der Waals surface area contributed by atoms with E-state index in [0.717, 1.165) is 30.9 Å². The van der Waals surface area contributed by atoms with Crippen molar-refractivity contribution in [3.8, 4) is 0 Å². The summed E-state index contributed by atoms with van der Waals surface area (Å²) in [6, 6.07) is 0. The lowest BCUT2D eigenvalue weighted by Crippen LogP contribution is -2.41. The summed E-state index contributed by atoms with van der Waals surface area (Å²) in [4.78, 5) is 0. The van der Waals surface area contributed by atoms with Gasteiger partial charge in [-0.1, -0.05) is 32.1 Å². The second-order valence-electron chi connectivity index (χ2n) is 7.29. The first-order valence-electron chi connectivity index (χ1n) is 8.67. The molecule has 2 saturated carbocycles. The second kappa shape index (κ2) is 6.13. The monoisotopic (exact) mass is 265 g/mol. The molecule has 19 heavy (non-hydrogen) atoms. The summed E-state index contributed by atoms with van der Waals surface area (Å²) in [6.07, 6.45) is 15.1. The molecule has 110 valence electrons. The van der Waals surface area contributed by atoms with Crippen LogP contribution in [0.25, 0.3) is 0 Å². The molecule has 2 aliphatic carbocycles. The van der Waals surface area contributed by atoms with Crippen molar-refractivity contribution in [1.82, 2.24) is 0 Å². The van der Waals surface area contributed by atoms with Crippen molar-refractivity contribution < 1.29 is 4.74 Å². The van der Waals surface area contributed by atoms with Crippen LogP contribution in [0.4, 0.5) is 0 Å². The van der Waals surface area contributed by atoms with Crippen molar-refractivity contribution in [1.29, 1.82) is 0 Å². The Bertz CT molecular complexity index is 285. The fourth-order valence-electron chi connectivity index (χ4n) is 5.13. The van der Waals surface area contributed by atoms with Gasteiger partial charge in [-0.05, 0) is 62.8 Å². The summed E-state index contributed by atoms with van der Waals surface area (Å²) in [5, 5.41) is 0. The molecule has 0 amide bonds. The maximum absolute atomic E-state index is 6.22. The van der Waals surface area contributed by atoms with E-state index in [1.54, 1.807) is 0 Å². The number of hydrogen-bond acceptors (Lipinski definition) is 2. The van der Waals surface area contributed by atoms with Gasteiger partial charge in [-0.3, -0.25) is 0 Å². The fraction of sp³-hybridized carbons (Fsp3) is 1.00. The Labute approximate surface area is 118 Å². The molecule has 0 bridgehead atoms. The quantitative estimate of drug-likeness (QED) is 0.769. The molecule has 1 spiro atoms. The molecule has 2 N–H and O–H groups in total. The van der Waals surface area contributed by atoms with Gasteiger partial charge in [-0.15, -0.1) is 0 Å². The number of hydrogen-bond donors (Lipinski definition) is 1. The highest BCUT2D eigenvalue weighted by atomic mass is 16.5. The standard InChI is InChI=1S/C17H31NO/c18-13-15-6-2-1-3-7-16(15)14-8-11-19-17(12-14)9-4-5-10-17/h14-16H,1-13,18H2. The van der Waals surface area contributed by atoms with Gasteiger partial charge >= 0.3 is 0 Å². The number of rotatable bonds is 2. The molecule has 1 heterocycles. The Kier molecular flexibility index (Phi) is 4.48. The lowest BCUT2D eigenvalue weighted by molar-refractivity contribution is -0.106. The lowest BCUT2D eigenvalue weighted by atomic mass is 9.71. The van der Waals surface area contributed by atoms with Crippen molar-refractivity contribution in [3.05, 3.63) is 0 Å². The summed E-state index contributed by atoms with van der Waals surface area (Å²) < 4.78 is 6.22. The van der Waals surface area contributed by atoms with E-state index in [1.165, 1.54) is 70.6 Å². The zero-order valence-corrected chi connectivity index (χ0v) is 12.4. The SMILES string of the molecule is NCC1CCCCCC1C1CCOC2(CCCC2)C1. The topological polar surface area (TPSA) is 35.2 Å². The van der Waals surface area contributed by atoms with Crippen LogP contribution >= 0.6 is 0 Å². The molecular formula is C17H31NO. The highest BCUT2D eigenvalue weighted by Gasteiger charge is 2.43. The van der Waals surface area contributed by atoms with Crippen LogP contribution < -0.4 is 5.73 Å². The minimum atomic E-state index is 0.286. The Morgan fingerprint density at radius 1 is 0.947 bits per heavy atom. The second-order valence-corrected chi connectivity index (χ2v) is 7.29. The molecule has 0 aromatic heterocycles. The average molecular weight is 265 g/mol. The molecular weight excluding hydrogens is 234 g/mol. The predicted octanol–water partition coefficient (Wildman–Crippen LogP) is 3.88. The molecule has 2 heteroatoms. The van der Waals surface area contributed by atoms with Crippen LogP contribution in [0.2, 0.25) is 0 Å². The molecule has 2 nitrogen and oxygen atoms in total. The van der Waals surface area contributed by atoms with Crippen molar-refractivity contribution in [2.75, 3.05) is 13.2 Å². The maximum atomic E-state index is 6.22. The Hall–Kier alpha value is -0.0800. The first kappa shape index (κ1) is 13.9. The van der Waals surface area contributed by atoms with Gasteiger partial charge in [-0.25, -0.2) is 0 Å². The first-order valence-corrected chi connectivity index (χ1v) is 8.67. The van der Waals surface area contributed by atoms with Gasteiger partial charge in [0.15, 0.2) is 0 Å². The van der Waals surface area contributed by atoms with E-state index >= 15 is 0 Å². The van der Waals surface area contributed by atoms with E-state index in [1.807, 2.05) is 0 Å². The van der Waals surface area contributed by atoms with Crippen molar-refractivity contribution in [2.45, 2.75) is 76.2 Å².